The van der Waals surface area contributed by atoms with Gasteiger partial charge in [-0.2, -0.15) is 0 Å². The van der Waals surface area contributed by atoms with E-state index < -0.39 is 0 Å². The molecule has 4 heteroatoms. The van der Waals surface area contributed by atoms with Gasteiger partial charge in [-0.05, 0) is 68.2 Å². The van der Waals surface area contributed by atoms with E-state index in [4.69, 9.17) is 4.74 Å². The third kappa shape index (κ3) is 6.59. The molecule has 2 aromatic carbocycles. The van der Waals surface area contributed by atoms with E-state index in [2.05, 4.69) is 73.3 Å². The predicted molar refractivity (Wildman–Crippen MR) is 133 cm³/mol. The molecule has 1 aliphatic rings. The van der Waals surface area contributed by atoms with Gasteiger partial charge in [-0.3, -0.25) is 4.79 Å². The van der Waals surface area contributed by atoms with Crippen LogP contribution in [0.5, 0.6) is 0 Å². The summed E-state index contributed by atoms with van der Waals surface area (Å²) in [5.74, 6) is 1.22. The molecule has 4 nitrogen and oxygen atoms in total. The number of hydrogen-bond donors (Lipinski definition) is 0. The Bertz CT molecular complexity index is 845. The molecule has 0 saturated carbocycles. The Kier molecular flexibility index (Phi) is 8.36. The molecule has 2 unspecified atom stereocenters. The summed E-state index contributed by atoms with van der Waals surface area (Å²) in [7, 11) is 4.09. The first-order chi connectivity index (χ1) is 15.3. The zero-order valence-corrected chi connectivity index (χ0v) is 20.5. The van der Waals surface area contributed by atoms with Gasteiger partial charge >= 0.3 is 0 Å². The molecule has 0 bridgehead atoms. The van der Waals surface area contributed by atoms with Gasteiger partial charge in [0.15, 0.2) is 0 Å². The normalized spacial score (nSPS) is 18.7. The largest absolute Gasteiger partial charge is 0.378 e. The van der Waals surface area contributed by atoms with E-state index >= 15 is 0 Å². The number of anilines is 1. The molecule has 0 aliphatic carbocycles. The zero-order valence-electron chi connectivity index (χ0n) is 20.5. The van der Waals surface area contributed by atoms with Crippen molar-refractivity contribution in [3.8, 4) is 0 Å². The Hall–Kier alpha value is -2.33. The lowest BCUT2D eigenvalue weighted by molar-refractivity contribution is -0.131. The van der Waals surface area contributed by atoms with Gasteiger partial charge in [0, 0.05) is 45.9 Å². The fourth-order valence-electron chi connectivity index (χ4n) is 4.93. The second-order valence-electron chi connectivity index (χ2n) is 9.90. The molecule has 0 radical (unpaired) electrons. The predicted octanol–water partition coefficient (Wildman–Crippen LogP) is 5.87. The van der Waals surface area contributed by atoms with Crippen LogP contribution >= 0.6 is 0 Å². The second-order valence-corrected chi connectivity index (χ2v) is 9.90. The molecule has 32 heavy (non-hydrogen) atoms. The maximum absolute atomic E-state index is 12.8. The van der Waals surface area contributed by atoms with Crippen LogP contribution in [-0.4, -0.2) is 43.7 Å². The standard InChI is InChI=1S/C28H40N2O2/c1-6-27(31)30(21-22-12-14-25(15-13-22)29(4)5)18-16-26(23-10-8-7-9-11-23)24-17-19-32-28(2,3)20-24/h7-15,24,26H,6,16-21H2,1-5H3. The van der Waals surface area contributed by atoms with E-state index in [1.165, 1.54) is 16.8 Å². The van der Waals surface area contributed by atoms with Gasteiger partial charge in [-0.25, -0.2) is 0 Å². The molecule has 2 aromatic rings. The maximum atomic E-state index is 12.8. The molecule has 174 valence electrons. The van der Waals surface area contributed by atoms with E-state index in [1.807, 2.05) is 25.9 Å². The fourth-order valence-corrected chi connectivity index (χ4v) is 4.93. The number of rotatable bonds is 9. The first kappa shape index (κ1) is 24.3. The minimum atomic E-state index is -0.0803. The molecule has 3 rings (SSSR count). The Morgan fingerprint density at radius 2 is 1.78 bits per heavy atom. The second kappa shape index (κ2) is 11.0. The lowest BCUT2D eigenvalue weighted by atomic mass is 9.75. The van der Waals surface area contributed by atoms with Crippen LogP contribution in [0.3, 0.4) is 0 Å². The van der Waals surface area contributed by atoms with Crippen LogP contribution in [0, 0.1) is 5.92 Å². The number of benzene rings is 2. The van der Waals surface area contributed by atoms with Crippen molar-refractivity contribution in [2.45, 2.75) is 64.5 Å². The van der Waals surface area contributed by atoms with E-state index in [9.17, 15) is 4.79 Å². The Balaban J connectivity index is 1.75. The first-order valence-corrected chi connectivity index (χ1v) is 12.0. The smallest absolute Gasteiger partial charge is 0.222 e. The highest BCUT2D eigenvalue weighted by Crippen LogP contribution is 2.40. The summed E-state index contributed by atoms with van der Waals surface area (Å²) in [6, 6.07) is 19.4. The molecule has 0 spiro atoms. The monoisotopic (exact) mass is 436 g/mol. The van der Waals surface area contributed by atoms with Crippen molar-refractivity contribution in [1.29, 1.82) is 0 Å². The number of carbonyl (C=O) groups excluding carboxylic acids is 1. The van der Waals surface area contributed by atoms with Crippen LogP contribution in [0.25, 0.3) is 0 Å². The summed E-state index contributed by atoms with van der Waals surface area (Å²) in [4.78, 5) is 17.0. The van der Waals surface area contributed by atoms with E-state index in [-0.39, 0.29) is 11.5 Å². The number of amides is 1. The van der Waals surface area contributed by atoms with Gasteiger partial charge in [0.25, 0.3) is 0 Å². The summed E-state index contributed by atoms with van der Waals surface area (Å²) in [5.41, 5.74) is 3.66. The van der Waals surface area contributed by atoms with Gasteiger partial charge in [0.1, 0.15) is 0 Å². The SMILES string of the molecule is CCC(=O)N(CCC(c1ccccc1)C1CCOC(C)(C)C1)Cc1ccc(N(C)C)cc1. The number of ether oxygens (including phenoxy) is 1. The first-order valence-electron chi connectivity index (χ1n) is 12.0. The molecule has 0 aromatic heterocycles. The van der Waals surface area contributed by atoms with E-state index in [1.54, 1.807) is 0 Å². The van der Waals surface area contributed by atoms with E-state index in [0.717, 1.165) is 32.4 Å². The molecular weight excluding hydrogens is 396 g/mol. The van der Waals surface area contributed by atoms with Gasteiger partial charge in [-0.1, -0.05) is 49.4 Å². The maximum Gasteiger partial charge on any atom is 0.222 e. The summed E-state index contributed by atoms with van der Waals surface area (Å²) >= 11 is 0. The third-order valence-corrected chi connectivity index (χ3v) is 6.72. The average Bonchev–Trinajstić information content (AvgIpc) is 2.78. The molecule has 1 aliphatic heterocycles. The van der Waals surface area contributed by atoms with Crippen LogP contribution in [0.4, 0.5) is 5.69 Å². The molecule has 1 fully saturated rings. The van der Waals surface area contributed by atoms with Gasteiger partial charge in [0.05, 0.1) is 5.60 Å². The molecule has 1 heterocycles. The fraction of sp³-hybridized carbons (Fsp3) is 0.536. The highest BCUT2D eigenvalue weighted by Gasteiger charge is 2.34. The Morgan fingerprint density at radius 1 is 1.09 bits per heavy atom. The number of hydrogen-bond acceptors (Lipinski definition) is 3. The van der Waals surface area contributed by atoms with Crippen LogP contribution in [0.2, 0.25) is 0 Å². The van der Waals surface area contributed by atoms with Crippen molar-refractivity contribution < 1.29 is 9.53 Å². The lowest BCUT2D eigenvalue weighted by Gasteiger charge is -2.40. The average molecular weight is 437 g/mol. The molecule has 2 atom stereocenters. The van der Waals surface area contributed by atoms with Crippen molar-refractivity contribution in [3.05, 3.63) is 65.7 Å². The van der Waals surface area contributed by atoms with Crippen molar-refractivity contribution in [3.63, 3.8) is 0 Å². The zero-order chi connectivity index (χ0) is 23.1. The topological polar surface area (TPSA) is 32.8 Å². The van der Waals surface area contributed by atoms with Crippen LogP contribution < -0.4 is 4.90 Å². The van der Waals surface area contributed by atoms with Crippen molar-refractivity contribution in [1.82, 2.24) is 4.90 Å². The van der Waals surface area contributed by atoms with E-state index in [0.29, 0.717) is 24.8 Å². The van der Waals surface area contributed by atoms with Crippen molar-refractivity contribution in [2.75, 3.05) is 32.1 Å². The Morgan fingerprint density at radius 3 is 2.38 bits per heavy atom. The van der Waals surface area contributed by atoms with Gasteiger partial charge in [-0.15, -0.1) is 0 Å². The number of carbonyl (C=O) groups is 1. The third-order valence-electron chi connectivity index (χ3n) is 6.72. The highest BCUT2D eigenvalue weighted by molar-refractivity contribution is 5.75. The Labute approximate surface area is 194 Å². The van der Waals surface area contributed by atoms with Gasteiger partial charge < -0.3 is 14.5 Å². The molecular formula is C28H40N2O2. The van der Waals surface area contributed by atoms with Crippen LogP contribution in [-0.2, 0) is 16.1 Å². The highest BCUT2D eigenvalue weighted by atomic mass is 16.5. The van der Waals surface area contributed by atoms with Crippen molar-refractivity contribution in [2.24, 2.45) is 5.92 Å². The van der Waals surface area contributed by atoms with Gasteiger partial charge in [0.2, 0.25) is 5.91 Å². The van der Waals surface area contributed by atoms with Crippen LogP contribution in [0.15, 0.2) is 54.6 Å². The molecule has 1 saturated heterocycles. The summed E-state index contributed by atoms with van der Waals surface area (Å²) in [6.07, 6.45) is 3.65. The van der Waals surface area contributed by atoms with Crippen molar-refractivity contribution >= 4 is 11.6 Å². The summed E-state index contributed by atoms with van der Waals surface area (Å²) in [6.45, 7) is 8.62. The molecule has 1 amide bonds. The lowest BCUT2D eigenvalue weighted by Crippen LogP contribution is -2.37. The van der Waals surface area contributed by atoms with Crippen LogP contribution in [0.1, 0.15) is 63.5 Å². The number of nitrogens with zero attached hydrogens (tertiary/aromatic N) is 2. The minimum absolute atomic E-state index is 0.0803. The quantitative estimate of drug-likeness (QED) is 0.493. The molecule has 0 N–H and O–H groups in total. The summed E-state index contributed by atoms with van der Waals surface area (Å²) in [5, 5.41) is 0. The minimum Gasteiger partial charge on any atom is -0.378 e. The summed E-state index contributed by atoms with van der Waals surface area (Å²) < 4.78 is 6.00.